The fourth-order valence-corrected chi connectivity index (χ4v) is 3.29. The number of guanidine groups is 1. The van der Waals surface area contributed by atoms with Gasteiger partial charge in [0.25, 0.3) is 0 Å². The molecule has 3 rings (SSSR count). The van der Waals surface area contributed by atoms with Crippen molar-refractivity contribution in [3.05, 3.63) is 59.0 Å². The number of halogens is 1. The molecule has 28 heavy (non-hydrogen) atoms. The average Bonchev–Trinajstić information content (AvgIpc) is 3.09. The number of nitrogens with zero attached hydrogens (tertiary/aromatic N) is 2. The summed E-state index contributed by atoms with van der Waals surface area (Å²) in [7, 11) is 3.47. The number of H-pyrrole nitrogens is 1. The largest absolute Gasteiger partial charge is 0.496 e. The molecular formula is C21H28IN5O. The van der Waals surface area contributed by atoms with E-state index in [1.54, 1.807) is 14.2 Å². The molecular weight excluding hydrogens is 465 g/mol. The fourth-order valence-electron chi connectivity index (χ4n) is 3.29. The highest BCUT2D eigenvalue weighted by atomic mass is 127. The first-order valence-electron chi connectivity index (χ1n) is 9.12. The highest BCUT2D eigenvalue weighted by Crippen LogP contribution is 2.23. The van der Waals surface area contributed by atoms with Crippen LogP contribution >= 0.6 is 24.0 Å². The van der Waals surface area contributed by atoms with Crippen molar-refractivity contribution < 1.29 is 4.74 Å². The van der Waals surface area contributed by atoms with Gasteiger partial charge in [0.1, 0.15) is 5.75 Å². The third-order valence-electron chi connectivity index (χ3n) is 4.76. The number of aryl methyl sites for hydroxylation is 1. The van der Waals surface area contributed by atoms with Gasteiger partial charge in [-0.15, -0.1) is 24.0 Å². The fraction of sp³-hybridized carbons (Fsp3) is 0.333. The van der Waals surface area contributed by atoms with Crippen molar-refractivity contribution in [1.29, 1.82) is 0 Å². The predicted octanol–water partition coefficient (Wildman–Crippen LogP) is 3.71. The van der Waals surface area contributed by atoms with Crippen molar-refractivity contribution >= 4 is 40.8 Å². The van der Waals surface area contributed by atoms with Gasteiger partial charge in [-0.3, -0.25) is 9.98 Å². The maximum Gasteiger partial charge on any atom is 0.191 e. The molecule has 0 aliphatic rings. The molecule has 0 amide bonds. The summed E-state index contributed by atoms with van der Waals surface area (Å²) in [6.45, 7) is 5.42. The van der Waals surface area contributed by atoms with Gasteiger partial charge in [0.2, 0.25) is 0 Å². The molecule has 0 saturated carbocycles. The van der Waals surface area contributed by atoms with E-state index in [1.807, 2.05) is 26.1 Å². The van der Waals surface area contributed by atoms with Crippen LogP contribution in [0.2, 0.25) is 0 Å². The number of para-hydroxylation sites is 1. The summed E-state index contributed by atoms with van der Waals surface area (Å²) in [5.74, 6) is 1.65. The van der Waals surface area contributed by atoms with E-state index in [9.17, 15) is 0 Å². The van der Waals surface area contributed by atoms with E-state index in [2.05, 4.69) is 50.0 Å². The van der Waals surface area contributed by atoms with Crippen LogP contribution in [0.5, 0.6) is 5.75 Å². The number of hydrogen-bond acceptors (Lipinski definition) is 3. The van der Waals surface area contributed by atoms with Gasteiger partial charge < -0.3 is 20.4 Å². The van der Waals surface area contributed by atoms with Crippen LogP contribution in [-0.2, 0) is 13.0 Å². The number of aliphatic imine (C=N–C) groups is 1. The van der Waals surface area contributed by atoms with Crippen LogP contribution in [0.25, 0.3) is 10.9 Å². The lowest BCUT2D eigenvalue weighted by molar-refractivity contribution is 0.406. The monoisotopic (exact) mass is 493 g/mol. The lowest BCUT2D eigenvalue weighted by Crippen LogP contribution is -2.38. The van der Waals surface area contributed by atoms with Crippen molar-refractivity contribution in [2.75, 3.05) is 20.7 Å². The van der Waals surface area contributed by atoms with Crippen LogP contribution in [0, 0.1) is 13.8 Å². The third-order valence-corrected chi connectivity index (χ3v) is 4.76. The molecule has 0 bridgehead atoms. The molecule has 6 nitrogen and oxygen atoms in total. The molecule has 1 aromatic carbocycles. The molecule has 0 spiro atoms. The summed E-state index contributed by atoms with van der Waals surface area (Å²) in [5, 5.41) is 7.97. The van der Waals surface area contributed by atoms with Crippen molar-refractivity contribution in [3.8, 4) is 5.75 Å². The zero-order valence-electron chi connectivity index (χ0n) is 16.8. The molecule has 3 aromatic rings. The second-order valence-corrected chi connectivity index (χ2v) is 6.51. The quantitative estimate of drug-likeness (QED) is 0.278. The number of rotatable bonds is 6. The summed E-state index contributed by atoms with van der Waals surface area (Å²) >= 11 is 0. The second kappa shape index (κ2) is 10.3. The highest BCUT2D eigenvalue weighted by Gasteiger charge is 2.10. The Labute approximate surface area is 183 Å². The van der Waals surface area contributed by atoms with Crippen molar-refractivity contribution in [2.45, 2.75) is 26.8 Å². The normalized spacial score (nSPS) is 11.2. The van der Waals surface area contributed by atoms with E-state index in [-0.39, 0.29) is 24.0 Å². The van der Waals surface area contributed by atoms with E-state index in [4.69, 9.17) is 4.74 Å². The van der Waals surface area contributed by atoms with Gasteiger partial charge >= 0.3 is 0 Å². The Kier molecular flexibility index (Phi) is 8.10. The Morgan fingerprint density at radius 3 is 2.75 bits per heavy atom. The van der Waals surface area contributed by atoms with Gasteiger partial charge in [-0.1, -0.05) is 18.2 Å². The maximum absolute atomic E-state index is 5.47. The molecule has 0 unspecified atom stereocenters. The van der Waals surface area contributed by atoms with Crippen LogP contribution in [0.15, 0.2) is 41.7 Å². The number of nitrogens with one attached hydrogen (secondary N) is 3. The van der Waals surface area contributed by atoms with Gasteiger partial charge in [0.05, 0.1) is 19.3 Å². The number of methoxy groups -OCH3 is 1. The Morgan fingerprint density at radius 2 is 2.00 bits per heavy atom. The standard InChI is InChI=1S/C21H27N5O.HI/c1-14-11-24-19(15(2)20(14)27-4)13-26-21(22-3)23-10-9-16-12-25-18-8-6-5-7-17(16)18;/h5-8,11-12,25H,9-10,13H2,1-4H3,(H2,22,23,26);1H. The molecule has 7 heteroatoms. The minimum atomic E-state index is 0. The Morgan fingerprint density at radius 1 is 1.21 bits per heavy atom. The SMILES string of the molecule is CN=C(NCCc1c[nH]c2ccccc12)NCc1ncc(C)c(OC)c1C.I. The zero-order valence-corrected chi connectivity index (χ0v) is 19.1. The molecule has 150 valence electrons. The van der Waals surface area contributed by atoms with Gasteiger partial charge in [-0.25, -0.2) is 0 Å². The number of ether oxygens (including phenoxy) is 1. The van der Waals surface area contributed by atoms with E-state index >= 15 is 0 Å². The molecule has 2 aromatic heterocycles. The first-order valence-corrected chi connectivity index (χ1v) is 9.12. The van der Waals surface area contributed by atoms with E-state index in [0.29, 0.717) is 6.54 Å². The molecule has 0 fully saturated rings. The first kappa shape index (κ1) is 22.0. The number of fused-ring (bicyclic) bond motifs is 1. The van der Waals surface area contributed by atoms with E-state index in [1.165, 1.54) is 16.5 Å². The lowest BCUT2D eigenvalue weighted by Gasteiger charge is -2.15. The third kappa shape index (κ3) is 4.95. The summed E-state index contributed by atoms with van der Waals surface area (Å²) in [4.78, 5) is 12.1. The summed E-state index contributed by atoms with van der Waals surface area (Å²) in [6, 6.07) is 8.35. The van der Waals surface area contributed by atoms with Crippen molar-refractivity contribution in [1.82, 2.24) is 20.6 Å². The van der Waals surface area contributed by atoms with Gasteiger partial charge in [0.15, 0.2) is 5.96 Å². The van der Waals surface area contributed by atoms with Crippen LogP contribution in [0.1, 0.15) is 22.4 Å². The summed E-state index contributed by atoms with van der Waals surface area (Å²) < 4.78 is 5.47. The molecule has 3 N–H and O–H groups in total. The molecule has 2 heterocycles. The average molecular weight is 493 g/mol. The highest BCUT2D eigenvalue weighted by molar-refractivity contribution is 14.0. The second-order valence-electron chi connectivity index (χ2n) is 6.51. The van der Waals surface area contributed by atoms with Crippen LogP contribution in [0.3, 0.4) is 0 Å². The van der Waals surface area contributed by atoms with E-state index in [0.717, 1.165) is 41.5 Å². The number of hydrogen-bond donors (Lipinski definition) is 3. The van der Waals surface area contributed by atoms with Crippen LogP contribution < -0.4 is 15.4 Å². The molecule has 0 saturated heterocycles. The first-order chi connectivity index (χ1) is 13.1. The molecule has 0 aliphatic carbocycles. The molecule has 0 radical (unpaired) electrons. The topological polar surface area (TPSA) is 74.3 Å². The molecule has 0 aliphatic heterocycles. The Hall–Kier alpha value is -2.29. The predicted molar refractivity (Wildman–Crippen MR) is 126 cm³/mol. The van der Waals surface area contributed by atoms with Crippen molar-refractivity contribution in [3.63, 3.8) is 0 Å². The van der Waals surface area contributed by atoms with Crippen LogP contribution in [0.4, 0.5) is 0 Å². The van der Waals surface area contributed by atoms with Crippen molar-refractivity contribution in [2.24, 2.45) is 4.99 Å². The number of aromatic amines is 1. The maximum atomic E-state index is 5.47. The number of aromatic nitrogens is 2. The minimum absolute atomic E-state index is 0. The van der Waals surface area contributed by atoms with Gasteiger partial charge in [-0.2, -0.15) is 0 Å². The van der Waals surface area contributed by atoms with Gasteiger partial charge in [-0.05, 0) is 31.9 Å². The zero-order chi connectivity index (χ0) is 19.2. The van der Waals surface area contributed by atoms with Gasteiger partial charge in [0, 0.05) is 48.0 Å². The lowest BCUT2D eigenvalue weighted by atomic mass is 10.1. The summed E-state index contributed by atoms with van der Waals surface area (Å²) in [5.41, 5.74) is 5.52. The van der Waals surface area contributed by atoms with Crippen LogP contribution in [-0.4, -0.2) is 36.6 Å². The smallest absolute Gasteiger partial charge is 0.191 e. The number of benzene rings is 1. The Bertz CT molecular complexity index is 951. The summed E-state index contributed by atoms with van der Waals surface area (Å²) in [6.07, 6.45) is 4.84. The minimum Gasteiger partial charge on any atom is -0.496 e. The number of pyridine rings is 1. The molecule has 0 atom stereocenters. The Balaban J connectivity index is 0.00000280. The van der Waals surface area contributed by atoms with E-state index < -0.39 is 0 Å².